The van der Waals surface area contributed by atoms with Gasteiger partial charge in [-0.1, -0.05) is 6.07 Å². The Morgan fingerprint density at radius 3 is 2.65 bits per heavy atom. The van der Waals surface area contributed by atoms with E-state index in [1.165, 1.54) is 6.08 Å². The Bertz CT molecular complexity index is 657. The van der Waals surface area contributed by atoms with Crippen LogP contribution in [0.1, 0.15) is 5.56 Å². The molecule has 1 aromatic heterocycles. The van der Waals surface area contributed by atoms with E-state index in [-0.39, 0.29) is 5.57 Å². The van der Waals surface area contributed by atoms with Gasteiger partial charge in [0.2, 0.25) is 0 Å². The van der Waals surface area contributed by atoms with Gasteiger partial charge >= 0.3 is 0 Å². The van der Waals surface area contributed by atoms with Gasteiger partial charge in [0.15, 0.2) is 0 Å². The van der Waals surface area contributed by atoms with Crippen LogP contribution in [-0.4, -0.2) is 15.0 Å². The fourth-order valence-corrected chi connectivity index (χ4v) is 2.57. The molecule has 0 bridgehead atoms. The second kappa shape index (κ2) is 4.96. The average Bonchev–Trinajstić information content (AvgIpc) is 2.85. The van der Waals surface area contributed by atoms with Gasteiger partial charge in [-0.2, -0.15) is 19.3 Å². The van der Waals surface area contributed by atoms with E-state index >= 15 is 0 Å². The molecule has 6 heteroatoms. The lowest BCUT2D eigenvalue weighted by Gasteiger charge is -1.99. The van der Waals surface area contributed by atoms with Crippen molar-refractivity contribution in [2.24, 2.45) is 0 Å². The van der Waals surface area contributed by atoms with Crippen molar-refractivity contribution in [1.82, 2.24) is 8.75 Å². The summed E-state index contributed by atoms with van der Waals surface area (Å²) in [5.74, 6) is 0. The fourth-order valence-electron chi connectivity index (χ4n) is 1.39. The maximum atomic E-state index is 8.73. The minimum Gasteiger partial charge on any atom is -0.192 e. The standard InChI is InChI=1S/C11H6N4S2/c1-16-9-3-2-8(4-7(5-12)6-13)10-11(9)15-17-14-10/h2-4H,1H3. The number of nitriles is 2. The summed E-state index contributed by atoms with van der Waals surface area (Å²) in [5, 5.41) is 17.5. The molecule has 0 aliphatic rings. The molecule has 1 heterocycles. The van der Waals surface area contributed by atoms with Crippen molar-refractivity contribution in [3.63, 3.8) is 0 Å². The van der Waals surface area contributed by atoms with E-state index < -0.39 is 0 Å². The van der Waals surface area contributed by atoms with Crippen molar-refractivity contribution in [2.75, 3.05) is 6.26 Å². The van der Waals surface area contributed by atoms with Crippen molar-refractivity contribution >= 4 is 40.6 Å². The monoisotopic (exact) mass is 258 g/mol. The number of hydrogen-bond donors (Lipinski definition) is 0. The van der Waals surface area contributed by atoms with Crippen LogP contribution in [-0.2, 0) is 0 Å². The maximum Gasteiger partial charge on any atom is 0.130 e. The zero-order valence-electron chi connectivity index (χ0n) is 8.84. The molecule has 0 saturated carbocycles. The molecule has 0 saturated heterocycles. The normalized spacial score (nSPS) is 9.59. The molecule has 0 fully saturated rings. The summed E-state index contributed by atoms with van der Waals surface area (Å²) >= 11 is 2.73. The van der Waals surface area contributed by atoms with Crippen molar-refractivity contribution < 1.29 is 0 Å². The highest BCUT2D eigenvalue weighted by molar-refractivity contribution is 7.98. The minimum absolute atomic E-state index is 0.0659. The van der Waals surface area contributed by atoms with Crippen LogP contribution in [0.4, 0.5) is 0 Å². The summed E-state index contributed by atoms with van der Waals surface area (Å²) in [7, 11) is 0. The van der Waals surface area contributed by atoms with E-state index in [0.717, 1.165) is 33.2 Å². The Hall–Kier alpha value is -1.89. The number of thioether (sulfide) groups is 1. The molecule has 0 unspecified atom stereocenters. The third kappa shape index (κ3) is 2.14. The molecule has 0 aliphatic carbocycles. The van der Waals surface area contributed by atoms with Gasteiger partial charge in [0.25, 0.3) is 0 Å². The Kier molecular flexibility index (Phi) is 3.38. The molecular weight excluding hydrogens is 252 g/mol. The summed E-state index contributed by atoms with van der Waals surface area (Å²) < 4.78 is 8.43. The van der Waals surface area contributed by atoms with Crippen LogP contribution in [0.2, 0.25) is 0 Å². The molecule has 2 aromatic rings. The van der Waals surface area contributed by atoms with Crippen LogP contribution in [0.25, 0.3) is 17.1 Å². The number of benzene rings is 1. The van der Waals surface area contributed by atoms with Gasteiger partial charge in [0.05, 0.1) is 11.7 Å². The van der Waals surface area contributed by atoms with Gasteiger partial charge in [0.1, 0.15) is 28.7 Å². The first-order valence-electron chi connectivity index (χ1n) is 4.61. The van der Waals surface area contributed by atoms with Gasteiger partial charge in [-0.15, -0.1) is 11.8 Å². The Morgan fingerprint density at radius 2 is 2.00 bits per heavy atom. The number of nitrogens with zero attached hydrogens (tertiary/aromatic N) is 4. The number of aromatic nitrogens is 2. The van der Waals surface area contributed by atoms with Crippen LogP contribution in [0.3, 0.4) is 0 Å². The summed E-state index contributed by atoms with van der Waals surface area (Å²) in [6.07, 6.45) is 3.51. The summed E-state index contributed by atoms with van der Waals surface area (Å²) in [6.45, 7) is 0. The van der Waals surface area contributed by atoms with Crippen molar-refractivity contribution in [1.29, 1.82) is 10.5 Å². The second-order valence-corrected chi connectivity index (χ2v) is 4.48. The summed E-state index contributed by atoms with van der Waals surface area (Å²) in [6, 6.07) is 7.45. The molecule has 1 aromatic carbocycles. The molecular formula is C11H6N4S2. The topological polar surface area (TPSA) is 73.4 Å². The van der Waals surface area contributed by atoms with E-state index in [1.54, 1.807) is 11.8 Å². The zero-order valence-corrected chi connectivity index (χ0v) is 10.5. The molecule has 0 amide bonds. The molecule has 0 atom stereocenters. The predicted molar refractivity (Wildman–Crippen MR) is 68.4 cm³/mol. The van der Waals surface area contributed by atoms with E-state index in [9.17, 15) is 0 Å². The van der Waals surface area contributed by atoms with Gasteiger partial charge in [0, 0.05) is 10.5 Å². The van der Waals surface area contributed by atoms with Crippen LogP contribution >= 0.6 is 23.5 Å². The fraction of sp³-hybridized carbons (Fsp3) is 0.0909. The highest BCUT2D eigenvalue weighted by atomic mass is 32.2. The lowest BCUT2D eigenvalue weighted by atomic mass is 10.1. The summed E-state index contributed by atoms with van der Waals surface area (Å²) in [5.41, 5.74) is 2.39. The van der Waals surface area contributed by atoms with Crippen LogP contribution in [0.15, 0.2) is 22.6 Å². The van der Waals surface area contributed by atoms with Gasteiger partial charge in [-0.3, -0.25) is 0 Å². The maximum absolute atomic E-state index is 8.73. The van der Waals surface area contributed by atoms with E-state index in [4.69, 9.17) is 10.5 Å². The van der Waals surface area contributed by atoms with Crippen LogP contribution < -0.4 is 0 Å². The van der Waals surface area contributed by atoms with Gasteiger partial charge < -0.3 is 0 Å². The third-order valence-electron chi connectivity index (χ3n) is 2.17. The highest BCUT2D eigenvalue weighted by Crippen LogP contribution is 2.28. The Labute approximate surface area is 107 Å². The van der Waals surface area contributed by atoms with E-state index in [0.29, 0.717) is 0 Å². The van der Waals surface area contributed by atoms with Crippen molar-refractivity contribution in [3.8, 4) is 12.1 Å². The van der Waals surface area contributed by atoms with Crippen molar-refractivity contribution in [2.45, 2.75) is 4.90 Å². The lowest BCUT2D eigenvalue weighted by molar-refractivity contribution is 1.45. The van der Waals surface area contributed by atoms with Crippen LogP contribution in [0, 0.1) is 22.7 Å². The zero-order chi connectivity index (χ0) is 12.3. The Morgan fingerprint density at radius 1 is 1.29 bits per heavy atom. The smallest absolute Gasteiger partial charge is 0.130 e. The molecule has 0 N–H and O–H groups in total. The lowest BCUT2D eigenvalue weighted by Crippen LogP contribution is -1.82. The molecule has 82 valence electrons. The Balaban J connectivity index is 2.66. The van der Waals surface area contributed by atoms with Crippen molar-refractivity contribution in [3.05, 3.63) is 23.3 Å². The first-order valence-corrected chi connectivity index (χ1v) is 6.57. The van der Waals surface area contributed by atoms with Crippen LogP contribution in [0.5, 0.6) is 0 Å². The number of rotatable bonds is 2. The largest absolute Gasteiger partial charge is 0.192 e. The van der Waals surface area contributed by atoms with Gasteiger partial charge in [-0.25, -0.2) is 0 Å². The van der Waals surface area contributed by atoms with E-state index in [1.807, 2.05) is 30.5 Å². The van der Waals surface area contributed by atoms with E-state index in [2.05, 4.69) is 8.75 Å². The molecule has 2 rings (SSSR count). The number of allylic oxidation sites excluding steroid dienone is 1. The highest BCUT2D eigenvalue weighted by Gasteiger charge is 2.09. The number of fused-ring (bicyclic) bond motifs is 1. The SMILES string of the molecule is CSc1ccc(C=C(C#N)C#N)c2nsnc12. The van der Waals surface area contributed by atoms with Gasteiger partial charge in [-0.05, 0) is 18.4 Å². The quantitative estimate of drug-likeness (QED) is 0.611. The molecule has 17 heavy (non-hydrogen) atoms. The third-order valence-corrected chi connectivity index (χ3v) is 3.47. The average molecular weight is 258 g/mol. The first kappa shape index (κ1) is 11.6. The summed E-state index contributed by atoms with van der Waals surface area (Å²) in [4.78, 5) is 1.04. The molecule has 0 aliphatic heterocycles. The number of hydrogen-bond acceptors (Lipinski definition) is 6. The molecule has 0 spiro atoms. The predicted octanol–water partition coefficient (Wildman–Crippen LogP) is 2.84. The minimum atomic E-state index is 0.0659. The molecule has 4 nitrogen and oxygen atoms in total. The molecule has 0 radical (unpaired) electrons. The second-order valence-electron chi connectivity index (χ2n) is 3.10. The first-order chi connectivity index (χ1) is 8.30.